The van der Waals surface area contributed by atoms with Crippen LogP contribution < -0.4 is 5.32 Å². The zero-order chi connectivity index (χ0) is 27.3. The minimum Gasteiger partial charge on any atom is -0.460 e. The molecule has 1 atom stereocenters. The molecule has 4 aromatic heterocycles. The van der Waals surface area contributed by atoms with Gasteiger partial charge in [-0.1, -0.05) is 6.07 Å². The van der Waals surface area contributed by atoms with Crippen LogP contribution in [0.5, 0.6) is 0 Å². The molecule has 6 heterocycles. The van der Waals surface area contributed by atoms with Crippen molar-refractivity contribution in [1.29, 1.82) is 0 Å². The molecule has 0 saturated carbocycles. The molecule has 2 saturated heterocycles. The number of carbonyl (C=O) groups is 1. The highest BCUT2D eigenvalue weighted by atomic mass is 32.1. The molecule has 0 aliphatic carbocycles. The number of nitrogens with one attached hydrogen (secondary N) is 1. The van der Waals surface area contributed by atoms with E-state index in [1.165, 1.54) is 30.7 Å². The van der Waals surface area contributed by atoms with Crippen molar-refractivity contribution in [3.05, 3.63) is 76.1 Å². The molecule has 1 unspecified atom stereocenters. The second-order valence-electron chi connectivity index (χ2n) is 10.2. The van der Waals surface area contributed by atoms with Crippen molar-refractivity contribution < 1.29 is 9.53 Å². The molecule has 10 nitrogen and oxygen atoms in total. The van der Waals surface area contributed by atoms with Gasteiger partial charge in [-0.3, -0.25) is 9.80 Å². The minimum absolute atomic E-state index is 0.269. The summed E-state index contributed by atoms with van der Waals surface area (Å²) >= 11 is 1.39. The third-order valence-corrected chi connectivity index (χ3v) is 8.22. The van der Waals surface area contributed by atoms with E-state index in [0.29, 0.717) is 52.9 Å². The second kappa shape index (κ2) is 12.2. The summed E-state index contributed by atoms with van der Waals surface area (Å²) in [6.45, 7) is 7.62. The molecule has 0 aromatic carbocycles. The molecule has 11 heteroatoms. The summed E-state index contributed by atoms with van der Waals surface area (Å²) < 4.78 is 5.60. The average molecular weight is 557 g/mol. The van der Waals surface area contributed by atoms with Gasteiger partial charge in [-0.05, 0) is 67.6 Å². The summed E-state index contributed by atoms with van der Waals surface area (Å²) in [5.41, 5.74) is 2.59. The average Bonchev–Trinajstić information content (AvgIpc) is 3.63. The lowest BCUT2D eigenvalue weighted by molar-refractivity contribution is 0.0398. The lowest BCUT2D eigenvalue weighted by Crippen LogP contribution is -2.50. The van der Waals surface area contributed by atoms with Crippen molar-refractivity contribution in [2.45, 2.75) is 32.2 Å². The van der Waals surface area contributed by atoms with Crippen molar-refractivity contribution in [3.8, 4) is 11.5 Å². The van der Waals surface area contributed by atoms with Crippen LogP contribution in [0.15, 0.2) is 54.2 Å². The van der Waals surface area contributed by atoms with E-state index in [1.807, 2.05) is 36.6 Å². The van der Waals surface area contributed by atoms with Crippen LogP contribution >= 0.6 is 11.3 Å². The number of fused-ring (bicyclic) bond motifs is 1. The van der Waals surface area contributed by atoms with Gasteiger partial charge in [0.05, 0.1) is 0 Å². The number of carbonyl (C=O) groups excluding carboxylic acids is 1. The van der Waals surface area contributed by atoms with E-state index in [2.05, 4.69) is 40.0 Å². The van der Waals surface area contributed by atoms with Crippen LogP contribution in [-0.4, -0.2) is 86.1 Å². The smallest absolute Gasteiger partial charge is 0.348 e. The first-order chi connectivity index (χ1) is 19.6. The van der Waals surface area contributed by atoms with E-state index in [-0.39, 0.29) is 5.97 Å². The number of nitrogens with zero attached hydrogens (tertiary/aromatic N) is 7. The second-order valence-corrected chi connectivity index (χ2v) is 11.1. The summed E-state index contributed by atoms with van der Waals surface area (Å²) in [7, 11) is 0. The Morgan fingerprint density at radius 1 is 1.07 bits per heavy atom. The van der Waals surface area contributed by atoms with Crippen molar-refractivity contribution in [1.82, 2.24) is 34.7 Å². The summed E-state index contributed by atoms with van der Waals surface area (Å²) in [5.74, 6) is 2.15. The fourth-order valence-electron chi connectivity index (χ4n) is 5.26. The van der Waals surface area contributed by atoms with E-state index in [4.69, 9.17) is 4.74 Å². The third kappa shape index (κ3) is 6.49. The van der Waals surface area contributed by atoms with Crippen LogP contribution in [0.25, 0.3) is 11.5 Å². The van der Waals surface area contributed by atoms with Gasteiger partial charge in [0.15, 0.2) is 5.82 Å². The number of hydrogen-bond acceptors (Lipinski definition) is 11. The molecule has 40 heavy (non-hydrogen) atoms. The monoisotopic (exact) mass is 556 g/mol. The highest BCUT2D eigenvalue weighted by molar-refractivity contribution is 7.12. The molecule has 206 valence electrons. The normalized spacial score (nSPS) is 17.5. The minimum atomic E-state index is -0.269. The molecule has 4 aromatic rings. The van der Waals surface area contributed by atoms with Crippen molar-refractivity contribution in [2.24, 2.45) is 0 Å². The number of hydrogen-bond donors (Lipinski definition) is 1. The number of ether oxygens (including phenoxy) is 1. The van der Waals surface area contributed by atoms with Gasteiger partial charge < -0.3 is 10.1 Å². The molecule has 0 bridgehead atoms. The van der Waals surface area contributed by atoms with Gasteiger partial charge in [-0.15, -0.1) is 11.3 Å². The number of aryl methyl sites for hydroxylation is 1. The molecule has 0 spiro atoms. The SMILES string of the molecule is Cc1cccc(-c2nccc(Nc3ccnc(Cc4csc(C(=O)OCCN5CCN6CCCC6C5)c4)n3)n2)n1. The van der Waals surface area contributed by atoms with Crippen LogP contribution in [-0.2, 0) is 11.2 Å². The largest absolute Gasteiger partial charge is 0.460 e. The van der Waals surface area contributed by atoms with Crippen LogP contribution in [0.2, 0.25) is 0 Å². The molecule has 0 amide bonds. The Morgan fingerprint density at radius 3 is 2.85 bits per heavy atom. The lowest BCUT2D eigenvalue weighted by atomic mass is 10.1. The number of thiophene rings is 1. The standard InChI is InChI=1S/C29H32N8O2S/c1-20-4-2-6-23(32-20)28-31-10-8-26(35-28)33-25-7-9-30-27(34-25)17-21-16-24(40-19-21)29(38)39-15-14-36-12-13-37-11-3-5-22(37)18-36/h2,4,6-10,16,19,22H,3,5,11-15,17-18H2,1H3,(H,30,31,33,34,35). The van der Waals surface area contributed by atoms with Gasteiger partial charge >= 0.3 is 5.97 Å². The third-order valence-electron chi connectivity index (χ3n) is 7.26. The number of anilines is 2. The van der Waals surface area contributed by atoms with Gasteiger partial charge in [-0.25, -0.2) is 29.7 Å². The Bertz CT molecular complexity index is 1480. The highest BCUT2D eigenvalue weighted by Gasteiger charge is 2.30. The van der Waals surface area contributed by atoms with Gasteiger partial charge in [-0.2, -0.15) is 0 Å². The highest BCUT2D eigenvalue weighted by Crippen LogP contribution is 2.22. The van der Waals surface area contributed by atoms with Crippen molar-refractivity contribution >= 4 is 28.9 Å². The predicted octanol–water partition coefficient (Wildman–Crippen LogP) is 3.97. The van der Waals surface area contributed by atoms with Gasteiger partial charge in [0.25, 0.3) is 0 Å². The topological polar surface area (TPSA) is 109 Å². The fourth-order valence-corrected chi connectivity index (χ4v) is 6.06. The number of pyridine rings is 1. The Morgan fingerprint density at radius 2 is 1.95 bits per heavy atom. The first-order valence-corrected chi connectivity index (χ1v) is 14.5. The first-order valence-electron chi connectivity index (χ1n) is 13.7. The summed E-state index contributed by atoms with van der Waals surface area (Å²) in [6.07, 6.45) is 6.49. The molecule has 2 aliphatic rings. The maximum atomic E-state index is 12.6. The quantitative estimate of drug-likeness (QED) is 0.304. The molecule has 2 aliphatic heterocycles. The summed E-state index contributed by atoms with van der Waals surface area (Å²) in [4.78, 5) is 40.7. The molecule has 0 radical (unpaired) electrons. The van der Waals surface area contributed by atoms with Gasteiger partial charge in [0, 0.05) is 56.7 Å². The number of rotatable bonds is 9. The molecular formula is C29H32N8O2S. The van der Waals surface area contributed by atoms with E-state index in [0.717, 1.165) is 37.4 Å². The number of esters is 1. The van der Waals surface area contributed by atoms with E-state index in [1.54, 1.807) is 24.5 Å². The Hall–Kier alpha value is -3.80. The van der Waals surface area contributed by atoms with Crippen LogP contribution in [0.4, 0.5) is 11.6 Å². The lowest BCUT2D eigenvalue weighted by Gasteiger charge is -2.37. The first kappa shape index (κ1) is 26.4. The maximum absolute atomic E-state index is 12.6. The summed E-state index contributed by atoms with van der Waals surface area (Å²) in [6, 6.07) is 11.9. The molecule has 1 N–H and O–H groups in total. The Kier molecular flexibility index (Phi) is 8.03. The maximum Gasteiger partial charge on any atom is 0.348 e. The molecule has 2 fully saturated rings. The van der Waals surface area contributed by atoms with E-state index < -0.39 is 0 Å². The molecule has 6 rings (SSSR count). The van der Waals surface area contributed by atoms with Crippen LogP contribution in [0.3, 0.4) is 0 Å². The fraction of sp³-hybridized carbons (Fsp3) is 0.379. The number of piperazine rings is 1. The Labute approximate surface area is 237 Å². The van der Waals surface area contributed by atoms with Crippen molar-refractivity contribution in [3.63, 3.8) is 0 Å². The van der Waals surface area contributed by atoms with Crippen molar-refractivity contribution in [2.75, 3.05) is 44.6 Å². The van der Waals surface area contributed by atoms with Crippen LogP contribution in [0, 0.1) is 6.92 Å². The Balaban J connectivity index is 1.02. The van der Waals surface area contributed by atoms with Gasteiger partial charge in [0.2, 0.25) is 0 Å². The zero-order valence-corrected chi connectivity index (χ0v) is 23.3. The molecular weight excluding hydrogens is 524 g/mol. The van der Waals surface area contributed by atoms with Gasteiger partial charge in [0.1, 0.15) is 34.6 Å². The van der Waals surface area contributed by atoms with E-state index in [9.17, 15) is 4.79 Å². The van der Waals surface area contributed by atoms with Crippen LogP contribution in [0.1, 0.15) is 39.6 Å². The predicted molar refractivity (Wildman–Crippen MR) is 154 cm³/mol. The van der Waals surface area contributed by atoms with E-state index >= 15 is 0 Å². The zero-order valence-electron chi connectivity index (χ0n) is 22.5. The summed E-state index contributed by atoms with van der Waals surface area (Å²) in [5, 5.41) is 5.20. The number of aromatic nitrogens is 5.